The van der Waals surface area contributed by atoms with Gasteiger partial charge in [-0.3, -0.25) is 19.4 Å². The van der Waals surface area contributed by atoms with Crippen LogP contribution in [0.2, 0.25) is 5.02 Å². The Balaban J connectivity index is 1.09. The zero-order chi connectivity index (χ0) is 30.8. The summed E-state index contributed by atoms with van der Waals surface area (Å²) >= 11 is 5.90. The molecule has 4 aromatic rings. The van der Waals surface area contributed by atoms with E-state index in [1.54, 1.807) is 7.11 Å². The lowest BCUT2D eigenvalue weighted by atomic mass is 10.1. The first-order valence-electron chi connectivity index (χ1n) is 15.3. The number of fused-ring (bicyclic) bond motifs is 3. The summed E-state index contributed by atoms with van der Waals surface area (Å²) in [7, 11) is 1.66. The molecule has 7 nitrogen and oxygen atoms in total. The van der Waals surface area contributed by atoms with Gasteiger partial charge in [-0.1, -0.05) is 48.0 Å². The Morgan fingerprint density at radius 1 is 1.02 bits per heavy atom. The van der Waals surface area contributed by atoms with Gasteiger partial charge in [-0.05, 0) is 61.6 Å². The van der Waals surface area contributed by atoms with Crippen LogP contribution < -0.4 is 10.1 Å². The smallest absolute Gasteiger partial charge is 0.253 e. The van der Waals surface area contributed by atoms with Crippen molar-refractivity contribution in [2.75, 3.05) is 33.3 Å². The van der Waals surface area contributed by atoms with E-state index in [2.05, 4.69) is 19.7 Å². The number of aromatic nitrogens is 1. The minimum Gasteiger partial charge on any atom is -0.495 e. The van der Waals surface area contributed by atoms with Gasteiger partial charge >= 0.3 is 0 Å². The first-order valence-corrected chi connectivity index (χ1v) is 15.6. The molecule has 1 N–H and O–H groups in total. The number of rotatable bonds is 11. The number of hydrogen-bond acceptors (Lipinski definition) is 5. The van der Waals surface area contributed by atoms with Crippen LogP contribution in [-0.2, 0) is 13.1 Å². The minimum absolute atomic E-state index is 0.0242. The van der Waals surface area contributed by atoms with Gasteiger partial charge in [0.1, 0.15) is 11.6 Å². The molecule has 1 aromatic heterocycles. The summed E-state index contributed by atoms with van der Waals surface area (Å²) in [6.07, 6.45) is 5.11. The van der Waals surface area contributed by atoms with Gasteiger partial charge in [-0.2, -0.15) is 0 Å². The molecule has 230 valence electrons. The third-order valence-corrected chi connectivity index (χ3v) is 9.45. The van der Waals surface area contributed by atoms with Gasteiger partial charge in [0.15, 0.2) is 5.78 Å². The maximum Gasteiger partial charge on any atom is 0.253 e. The van der Waals surface area contributed by atoms with Crippen LogP contribution in [0.4, 0.5) is 4.39 Å². The number of halogens is 2. The van der Waals surface area contributed by atoms with Crippen molar-refractivity contribution in [2.45, 2.75) is 51.4 Å². The Kier molecular flexibility index (Phi) is 9.03. The quantitative estimate of drug-likeness (QED) is 0.206. The molecule has 9 heteroatoms. The number of carbonyl (C=O) groups excluding carboxylic acids is 2. The molecule has 44 heavy (non-hydrogen) atoms. The standard InChI is InChI=1S/C35H38ClFN4O3/c1-23-7-3-4-8-25(23)18-38-35(43)29-21-40(34-28(29)9-5-10-33(34)44-2)15-6-16-41-26-12-13-27(41)20-39(19-26)22-32(42)24-11-14-31(37)30(36)17-24/h3-5,7-11,14,17,21,26-27H,6,12-13,15-16,18-20,22H2,1-2H3,(H,38,43). The summed E-state index contributed by atoms with van der Waals surface area (Å²) in [4.78, 5) is 31.1. The van der Waals surface area contributed by atoms with E-state index in [0.717, 1.165) is 73.2 Å². The van der Waals surface area contributed by atoms with E-state index in [0.29, 0.717) is 36.3 Å². The molecule has 2 saturated heterocycles. The lowest BCUT2D eigenvalue weighted by molar-refractivity contribution is 0.0588. The van der Waals surface area contributed by atoms with Crippen LogP contribution in [0.1, 0.15) is 51.1 Å². The second kappa shape index (κ2) is 13.1. The summed E-state index contributed by atoms with van der Waals surface area (Å²) in [5.41, 5.74) is 4.28. The van der Waals surface area contributed by atoms with Crippen molar-refractivity contribution in [3.63, 3.8) is 0 Å². The Morgan fingerprint density at radius 2 is 1.80 bits per heavy atom. The maximum atomic E-state index is 13.6. The van der Waals surface area contributed by atoms with Crippen molar-refractivity contribution >= 4 is 34.2 Å². The molecule has 2 unspecified atom stereocenters. The van der Waals surface area contributed by atoms with Crippen LogP contribution >= 0.6 is 11.6 Å². The molecule has 2 fully saturated rings. The number of carbonyl (C=O) groups is 2. The number of nitrogens with zero attached hydrogens (tertiary/aromatic N) is 3. The van der Waals surface area contributed by atoms with E-state index >= 15 is 0 Å². The topological polar surface area (TPSA) is 66.8 Å². The van der Waals surface area contributed by atoms with Gasteiger partial charge in [0.05, 0.1) is 29.8 Å². The Labute approximate surface area is 262 Å². The molecule has 0 aliphatic carbocycles. The first kappa shape index (κ1) is 30.3. The number of ether oxygens (including phenoxy) is 1. The number of ketones is 1. The Morgan fingerprint density at radius 3 is 2.52 bits per heavy atom. The van der Waals surface area contributed by atoms with E-state index in [4.69, 9.17) is 16.3 Å². The molecule has 3 aromatic carbocycles. The third-order valence-electron chi connectivity index (χ3n) is 9.16. The zero-order valence-corrected chi connectivity index (χ0v) is 25.9. The normalized spacial score (nSPS) is 18.5. The molecule has 2 aliphatic rings. The van der Waals surface area contributed by atoms with E-state index in [1.165, 1.54) is 18.2 Å². The highest BCUT2D eigenvalue weighted by Gasteiger charge is 2.39. The molecule has 2 atom stereocenters. The van der Waals surface area contributed by atoms with Crippen LogP contribution in [0.5, 0.6) is 5.75 Å². The van der Waals surface area contributed by atoms with Crippen molar-refractivity contribution in [3.05, 3.63) is 100.0 Å². The van der Waals surface area contributed by atoms with E-state index in [9.17, 15) is 14.0 Å². The summed E-state index contributed by atoms with van der Waals surface area (Å²) in [6, 6.07) is 18.9. The second-order valence-corrected chi connectivity index (χ2v) is 12.3. The van der Waals surface area contributed by atoms with Crippen molar-refractivity contribution in [3.8, 4) is 5.75 Å². The average Bonchev–Trinajstić information content (AvgIpc) is 3.51. The van der Waals surface area contributed by atoms with Crippen LogP contribution in [0.25, 0.3) is 10.9 Å². The molecular formula is C35H38ClFN4O3. The molecule has 6 rings (SSSR count). The van der Waals surface area contributed by atoms with Crippen LogP contribution in [0.15, 0.2) is 66.9 Å². The number of amides is 1. The SMILES string of the molecule is COc1cccc2c(C(=O)NCc3ccccc3C)cn(CCCN3C4CCC3CN(CC(=O)c3ccc(F)c(Cl)c3)C4)c12. The monoisotopic (exact) mass is 616 g/mol. The number of benzene rings is 3. The predicted molar refractivity (Wildman–Crippen MR) is 171 cm³/mol. The van der Waals surface area contributed by atoms with Crippen molar-refractivity contribution in [1.82, 2.24) is 19.7 Å². The van der Waals surface area contributed by atoms with E-state index < -0.39 is 5.82 Å². The number of methoxy groups -OCH3 is 1. The summed E-state index contributed by atoms with van der Waals surface area (Å²) < 4.78 is 21.4. The largest absolute Gasteiger partial charge is 0.495 e. The van der Waals surface area contributed by atoms with E-state index in [-0.39, 0.29) is 16.7 Å². The van der Waals surface area contributed by atoms with Gasteiger partial charge < -0.3 is 14.6 Å². The fourth-order valence-corrected chi connectivity index (χ4v) is 7.07. The van der Waals surface area contributed by atoms with Gasteiger partial charge in [0.2, 0.25) is 0 Å². The van der Waals surface area contributed by atoms with Crippen molar-refractivity contribution in [1.29, 1.82) is 0 Å². The molecule has 0 saturated carbocycles. The van der Waals surface area contributed by atoms with E-state index in [1.807, 2.05) is 55.6 Å². The van der Waals surface area contributed by atoms with Crippen molar-refractivity contribution < 1.29 is 18.7 Å². The fraction of sp³-hybridized carbons (Fsp3) is 0.371. The molecule has 0 radical (unpaired) electrons. The molecule has 2 bridgehead atoms. The number of nitrogens with one attached hydrogen (secondary N) is 1. The molecular weight excluding hydrogens is 579 g/mol. The highest BCUT2D eigenvalue weighted by atomic mass is 35.5. The molecule has 1 amide bonds. The first-order chi connectivity index (χ1) is 21.3. The van der Waals surface area contributed by atoms with Gasteiger partial charge in [0, 0.05) is 62.0 Å². The lowest BCUT2D eigenvalue weighted by Crippen LogP contribution is -2.54. The van der Waals surface area contributed by atoms with Crippen molar-refractivity contribution in [2.24, 2.45) is 0 Å². The van der Waals surface area contributed by atoms with Crippen LogP contribution in [0.3, 0.4) is 0 Å². The zero-order valence-electron chi connectivity index (χ0n) is 25.2. The van der Waals surface area contributed by atoms with Gasteiger partial charge in [0.25, 0.3) is 5.91 Å². The maximum absolute atomic E-state index is 13.6. The second-order valence-electron chi connectivity index (χ2n) is 11.9. The number of likely N-dealkylation sites (tertiary alicyclic amines) is 1. The number of para-hydroxylation sites is 1. The third kappa shape index (κ3) is 6.25. The summed E-state index contributed by atoms with van der Waals surface area (Å²) in [5, 5.41) is 3.96. The fourth-order valence-electron chi connectivity index (χ4n) is 6.89. The lowest BCUT2D eigenvalue weighted by Gasteiger charge is -2.41. The van der Waals surface area contributed by atoms with Gasteiger partial charge in [-0.15, -0.1) is 0 Å². The summed E-state index contributed by atoms with van der Waals surface area (Å²) in [5.74, 6) is 0.101. The average molecular weight is 617 g/mol. The Bertz CT molecular complexity index is 1670. The molecule has 3 heterocycles. The van der Waals surface area contributed by atoms with Crippen LogP contribution in [-0.4, -0.2) is 71.4 Å². The number of aryl methyl sites for hydroxylation is 2. The Hall–Kier alpha value is -3.72. The predicted octanol–water partition coefficient (Wildman–Crippen LogP) is 6.10. The summed E-state index contributed by atoms with van der Waals surface area (Å²) in [6.45, 7) is 6.20. The van der Waals surface area contributed by atoms with Gasteiger partial charge in [-0.25, -0.2) is 4.39 Å². The van der Waals surface area contributed by atoms with Crippen LogP contribution in [0, 0.1) is 12.7 Å². The molecule has 2 aliphatic heterocycles. The highest BCUT2D eigenvalue weighted by molar-refractivity contribution is 6.31. The minimum atomic E-state index is -0.515. The number of Topliss-reactive ketones (excluding diaryl/α,β-unsaturated/α-hetero) is 1. The number of piperazine rings is 1. The highest BCUT2D eigenvalue weighted by Crippen LogP contribution is 2.32. The molecule has 0 spiro atoms. The number of hydrogen-bond donors (Lipinski definition) is 1.